The van der Waals surface area contributed by atoms with Gasteiger partial charge in [-0.3, -0.25) is 9.10 Å². The molecule has 0 bridgehead atoms. The van der Waals surface area contributed by atoms with Gasteiger partial charge in [0.15, 0.2) is 6.10 Å². The van der Waals surface area contributed by atoms with E-state index in [9.17, 15) is 13.2 Å². The Labute approximate surface area is 151 Å². The molecular weight excluding hydrogens is 360 g/mol. The van der Waals surface area contributed by atoms with E-state index in [1.165, 1.54) is 4.31 Å². The first-order valence-corrected chi connectivity index (χ1v) is 10.6. The predicted molar refractivity (Wildman–Crippen MR) is 99.9 cm³/mol. The highest BCUT2D eigenvalue weighted by Crippen LogP contribution is 2.34. The van der Waals surface area contributed by atoms with Crippen molar-refractivity contribution in [2.45, 2.75) is 11.0 Å². The number of ether oxygens (including phenoxy) is 1. The van der Waals surface area contributed by atoms with Crippen LogP contribution in [0, 0.1) is 0 Å². The summed E-state index contributed by atoms with van der Waals surface area (Å²) in [5, 5.41) is 2.79. The normalized spacial score (nSPS) is 16.7. The van der Waals surface area contributed by atoms with E-state index in [1.54, 1.807) is 42.1 Å². The zero-order valence-corrected chi connectivity index (χ0v) is 15.4. The predicted octanol–water partition coefficient (Wildman–Crippen LogP) is 2.57. The zero-order valence-electron chi connectivity index (χ0n) is 13.8. The van der Waals surface area contributed by atoms with Crippen molar-refractivity contribution in [1.29, 1.82) is 0 Å². The number of nitrogens with one attached hydrogen (secondary N) is 1. The summed E-state index contributed by atoms with van der Waals surface area (Å²) in [6, 6.07) is 14.2. The van der Waals surface area contributed by atoms with Crippen LogP contribution in [0.4, 0.5) is 11.4 Å². The van der Waals surface area contributed by atoms with Crippen LogP contribution >= 0.6 is 11.8 Å². The minimum absolute atomic E-state index is 0.0656. The van der Waals surface area contributed by atoms with Crippen LogP contribution in [-0.4, -0.2) is 39.5 Å². The van der Waals surface area contributed by atoms with Gasteiger partial charge in [0.2, 0.25) is 10.0 Å². The molecule has 3 rings (SSSR count). The lowest BCUT2D eigenvalue weighted by atomic mass is 10.2. The van der Waals surface area contributed by atoms with E-state index in [0.717, 1.165) is 11.2 Å². The Morgan fingerprint density at radius 2 is 2.00 bits per heavy atom. The van der Waals surface area contributed by atoms with Gasteiger partial charge in [0, 0.05) is 10.6 Å². The van der Waals surface area contributed by atoms with E-state index in [1.807, 2.05) is 24.5 Å². The van der Waals surface area contributed by atoms with Crippen molar-refractivity contribution < 1.29 is 17.9 Å². The minimum atomic E-state index is -3.52. The van der Waals surface area contributed by atoms with E-state index < -0.39 is 16.1 Å². The number of rotatable bonds is 4. The molecule has 8 heteroatoms. The monoisotopic (exact) mass is 378 g/mol. The van der Waals surface area contributed by atoms with Crippen molar-refractivity contribution in [1.82, 2.24) is 0 Å². The first kappa shape index (κ1) is 17.6. The highest BCUT2D eigenvalue weighted by Gasteiger charge is 2.34. The van der Waals surface area contributed by atoms with Crippen molar-refractivity contribution in [3.05, 3.63) is 48.5 Å². The van der Waals surface area contributed by atoms with Gasteiger partial charge in [-0.15, -0.1) is 11.8 Å². The van der Waals surface area contributed by atoms with Crippen LogP contribution in [0.15, 0.2) is 53.4 Å². The van der Waals surface area contributed by atoms with Gasteiger partial charge in [-0.2, -0.15) is 0 Å². The molecule has 1 N–H and O–H groups in total. The Balaban J connectivity index is 1.84. The fourth-order valence-corrected chi connectivity index (χ4v) is 3.95. The molecule has 132 valence electrons. The third kappa shape index (κ3) is 3.91. The van der Waals surface area contributed by atoms with Gasteiger partial charge in [-0.25, -0.2) is 8.42 Å². The first-order valence-electron chi connectivity index (χ1n) is 7.57. The molecule has 0 unspecified atom stereocenters. The van der Waals surface area contributed by atoms with Crippen molar-refractivity contribution in [3.8, 4) is 5.75 Å². The molecule has 0 saturated carbocycles. The molecule has 2 aromatic carbocycles. The topological polar surface area (TPSA) is 75.7 Å². The molecule has 1 aliphatic heterocycles. The highest BCUT2D eigenvalue weighted by molar-refractivity contribution is 7.98. The van der Waals surface area contributed by atoms with Crippen molar-refractivity contribution in [3.63, 3.8) is 0 Å². The second-order valence-corrected chi connectivity index (χ2v) is 8.38. The number of sulfonamides is 1. The third-order valence-corrected chi connectivity index (χ3v) is 5.64. The fourth-order valence-electron chi connectivity index (χ4n) is 2.58. The lowest BCUT2D eigenvalue weighted by Gasteiger charge is -2.33. The number of para-hydroxylation sites is 2. The van der Waals surface area contributed by atoms with Crippen LogP contribution in [0.2, 0.25) is 0 Å². The van der Waals surface area contributed by atoms with Crippen LogP contribution in [-0.2, 0) is 14.8 Å². The number of anilines is 2. The summed E-state index contributed by atoms with van der Waals surface area (Å²) in [7, 11) is -3.52. The molecule has 25 heavy (non-hydrogen) atoms. The van der Waals surface area contributed by atoms with Crippen LogP contribution < -0.4 is 14.4 Å². The molecule has 0 fully saturated rings. The lowest BCUT2D eigenvalue weighted by molar-refractivity contribution is -0.122. The van der Waals surface area contributed by atoms with E-state index in [0.29, 0.717) is 17.1 Å². The fraction of sp³-hybridized carbons (Fsp3) is 0.235. The molecule has 0 spiro atoms. The standard InChI is InChI=1S/C17H18N2O4S2/c1-24-13-7-5-6-12(10-13)18-17(20)16-11-19(25(2,21)22)14-8-3-4-9-15(14)23-16/h3-10,16H,11H2,1-2H3,(H,18,20)/t16-/m0/s1. The molecular formula is C17H18N2O4S2. The summed E-state index contributed by atoms with van der Waals surface area (Å²) in [5.74, 6) is -0.0152. The highest BCUT2D eigenvalue weighted by atomic mass is 32.2. The molecule has 1 atom stereocenters. The number of hydrogen-bond donors (Lipinski definition) is 1. The van der Waals surface area contributed by atoms with Gasteiger partial charge >= 0.3 is 0 Å². The number of carbonyl (C=O) groups is 1. The molecule has 0 aromatic heterocycles. The third-order valence-electron chi connectivity index (χ3n) is 3.76. The summed E-state index contributed by atoms with van der Waals surface area (Å²) < 4.78 is 31.1. The molecule has 6 nitrogen and oxygen atoms in total. The largest absolute Gasteiger partial charge is 0.476 e. The van der Waals surface area contributed by atoms with Gasteiger partial charge < -0.3 is 10.1 Å². The molecule has 0 radical (unpaired) electrons. The summed E-state index contributed by atoms with van der Waals surface area (Å²) in [6.45, 7) is -0.0656. The second kappa shape index (κ2) is 6.97. The maximum absolute atomic E-state index is 12.6. The van der Waals surface area contributed by atoms with Gasteiger partial charge in [0.05, 0.1) is 18.5 Å². The Bertz CT molecular complexity index is 899. The number of benzene rings is 2. The molecule has 1 heterocycles. The van der Waals surface area contributed by atoms with Crippen LogP contribution in [0.3, 0.4) is 0 Å². The minimum Gasteiger partial charge on any atom is -0.476 e. The average molecular weight is 378 g/mol. The first-order chi connectivity index (χ1) is 11.9. The SMILES string of the molecule is CSc1cccc(NC(=O)[C@@H]2CN(S(C)(=O)=O)c3ccccc3O2)c1. The Morgan fingerprint density at radius 1 is 1.24 bits per heavy atom. The van der Waals surface area contributed by atoms with E-state index in [2.05, 4.69) is 5.32 Å². The van der Waals surface area contributed by atoms with Gasteiger partial charge in [-0.1, -0.05) is 18.2 Å². The summed E-state index contributed by atoms with van der Waals surface area (Å²) in [6.07, 6.45) is 2.14. The molecule has 0 saturated heterocycles. The van der Waals surface area contributed by atoms with Gasteiger partial charge in [0.1, 0.15) is 5.75 Å². The Kier molecular flexibility index (Phi) is 4.91. The smallest absolute Gasteiger partial charge is 0.267 e. The number of carbonyl (C=O) groups excluding carboxylic acids is 1. The number of amides is 1. The summed E-state index contributed by atoms with van der Waals surface area (Å²) in [4.78, 5) is 13.6. The zero-order chi connectivity index (χ0) is 18.0. The van der Waals surface area contributed by atoms with Crippen LogP contribution in [0.5, 0.6) is 5.75 Å². The maximum Gasteiger partial charge on any atom is 0.267 e. The Morgan fingerprint density at radius 3 is 2.72 bits per heavy atom. The number of hydrogen-bond acceptors (Lipinski definition) is 5. The summed E-state index contributed by atoms with van der Waals surface area (Å²) >= 11 is 1.57. The van der Waals surface area contributed by atoms with Gasteiger partial charge in [0.25, 0.3) is 5.91 Å². The lowest BCUT2D eigenvalue weighted by Crippen LogP contribution is -2.48. The van der Waals surface area contributed by atoms with Crippen LogP contribution in [0.25, 0.3) is 0 Å². The van der Waals surface area contributed by atoms with Crippen molar-refractivity contribution in [2.24, 2.45) is 0 Å². The number of fused-ring (bicyclic) bond motifs is 1. The quantitative estimate of drug-likeness (QED) is 0.828. The van der Waals surface area contributed by atoms with Crippen molar-refractivity contribution >= 4 is 39.1 Å². The second-order valence-electron chi connectivity index (χ2n) is 5.59. The van der Waals surface area contributed by atoms with Crippen LogP contribution in [0.1, 0.15) is 0 Å². The average Bonchev–Trinajstić information content (AvgIpc) is 2.60. The maximum atomic E-state index is 12.6. The van der Waals surface area contributed by atoms with Gasteiger partial charge in [-0.05, 0) is 36.6 Å². The molecule has 2 aromatic rings. The molecule has 1 aliphatic rings. The summed E-state index contributed by atoms with van der Waals surface area (Å²) in [5.41, 5.74) is 1.09. The molecule has 1 amide bonds. The Hall–Kier alpha value is -2.19. The molecule has 0 aliphatic carbocycles. The number of nitrogens with zero attached hydrogens (tertiary/aromatic N) is 1. The number of thioether (sulfide) groups is 1. The van der Waals surface area contributed by atoms with E-state index in [4.69, 9.17) is 4.74 Å². The van der Waals surface area contributed by atoms with E-state index in [-0.39, 0.29) is 12.5 Å². The van der Waals surface area contributed by atoms with E-state index >= 15 is 0 Å². The van der Waals surface area contributed by atoms with Crippen molar-refractivity contribution in [2.75, 3.05) is 28.7 Å².